The van der Waals surface area contributed by atoms with Crippen LogP contribution in [0, 0.1) is 12.8 Å². The van der Waals surface area contributed by atoms with Gasteiger partial charge in [-0.1, -0.05) is 19.1 Å². The van der Waals surface area contributed by atoms with Crippen molar-refractivity contribution < 1.29 is 9.59 Å². The molecule has 108 valence electrons. The van der Waals surface area contributed by atoms with E-state index in [1.807, 2.05) is 43.0 Å². The van der Waals surface area contributed by atoms with E-state index in [-0.39, 0.29) is 23.8 Å². The molecule has 0 spiro atoms. The summed E-state index contributed by atoms with van der Waals surface area (Å²) < 4.78 is 0. The third kappa shape index (κ3) is 3.18. The van der Waals surface area contributed by atoms with Gasteiger partial charge in [-0.05, 0) is 38.0 Å². The lowest BCUT2D eigenvalue weighted by Crippen LogP contribution is -2.35. The van der Waals surface area contributed by atoms with E-state index in [2.05, 4.69) is 12.2 Å². The van der Waals surface area contributed by atoms with Crippen molar-refractivity contribution in [2.75, 3.05) is 11.9 Å². The number of likely N-dealkylation sites (tertiary alicyclic amines) is 1. The van der Waals surface area contributed by atoms with Gasteiger partial charge in [0.05, 0.1) is 5.92 Å². The van der Waals surface area contributed by atoms with Crippen molar-refractivity contribution in [2.24, 2.45) is 5.92 Å². The normalized spacial score (nSPS) is 20.1. The van der Waals surface area contributed by atoms with Crippen LogP contribution in [-0.2, 0) is 9.59 Å². The summed E-state index contributed by atoms with van der Waals surface area (Å²) in [6.07, 6.45) is 1.24. The van der Waals surface area contributed by atoms with Crippen LogP contribution in [-0.4, -0.2) is 29.3 Å². The first kappa shape index (κ1) is 14.6. The molecule has 1 fully saturated rings. The minimum absolute atomic E-state index is 0.0604. The van der Waals surface area contributed by atoms with E-state index >= 15 is 0 Å². The summed E-state index contributed by atoms with van der Waals surface area (Å²) in [5.41, 5.74) is 1.90. The van der Waals surface area contributed by atoms with E-state index in [0.29, 0.717) is 13.0 Å². The molecule has 4 nitrogen and oxygen atoms in total. The molecule has 20 heavy (non-hydrogen) atoms. The van der Waals surface area contributed by atoms with Crippen molar-refractivity contribution in [3.05, 3.63) is 29.8 Å². The Balaban J connectivity index is 1.99. The Kier molecular flexibility index (Phi) is 4.42. The van der Waals surface area contributed by atoms with Crippen LogP contribution in [0.2, 0.25) is 0 Å². The zero-order chi connectivity index (χ0) is 14.7. The second-order valence-electron chi connectivity index (χ2n) is 5.56. The van der Waals surface area contributed by atoms with Crippen molar-refractivity contribution >= 4 is 17.5 Å². The number of benzene rings is 1. The molecule has 0 bridgehead atoms. The summed E-state index contributed by atoms with van der Waals surface area (Å²) in [6.45, 7) is 6.60. The summed E-state index contributed by atoms with van der Waals surface area (Å²) in [5, 5.41) is 2.90. The van der Waals surface area contributed by atoms with Gasteiger partial charge >= 0.3 is 0 Å². The predicted molar refractivity (Wildman–Crippen MR) is 79.4 cm³/mol. The van der Waals surface area contributed by atoms with Gasteiger partial charge in [-0.2, -0.15) is 0 Å². The first-order chi connectivity index (χ1) is 9.51. The fraction of sp³-hybridized carbons (Fsp3) is 0.500. The Morgan fingerprint density at radius 3 is 2.90 bits per heavy atom. The molecule has 0 aliphatic carbocycles. The quantitative estimate of drug-likeness (QED) is 0.917. The van der Waals surface area contributed by atoms with Crippen LogP contribution in [0.25, 0.3) is 0 Å². The molecule has 0 saturated carbocycles. The van der Waals surface area contributed by atoms with E-state index in [1.54, 1.807) is 0 Å². The summed E-state index contributed by atoms with van der Waals surface area (Å²) in [5.74, 6) is -0.212. The highest BCUT2D eigenvalue weighted by atomic mass is 16.2. The van der Waals surface area contributed by atoms with Crippen molar-refractivity contribution in [3.63, 3.8) is 0 Å². The van der Waals surface area contributed by atoms with Gasteiger partial charge in [0.2, 0.25) is 11.8 Å². The number of anilines is 1. The molecule has 4 heteroatoms. The monoisotopic (exact) mass is 274 g/mol. The van der Waals surface area contributed by atoms with Crippen LogP contribution in [0.1, 0.15) is 32.3 Å². The number of carbonyl (C=O) groups is 2. The van der Waals surface area contributed by atoms with Gasteiger partial charge in [0, 0.05) is 24.7 Å². The highest BCUT2D eigenvalue weighted by molar-refractivity contribution is 5.97. The molecule has 1 aromatic carbocycles. The molecule has 2 amide bonds. The van der Waals surface area contributed by atoms with Gasteiger partial charge in [-0.3, -0.25) is 9.59 Å². The molecule has 1 heterocycles. The number of nitrogens with one attached hydrogen (secondary N) is 1. The molecule has 2 atom stereocenters. The standard InChI is InChI=1S/C16H22N2O2/c1-4-12(3)18-10-13(9-15(18)19)16(20)17-14-7-5-6-11(2)8-14/h5-8,12-13H,4,9-10H2,1-3H3,(H,17,20). The highest BCUT2D eigenvalue weighted by Crippen LogP contribution is 2.23. The van der Waals surface area contributed by atoms with Gasteiger partial charge in [-0.25, -0.2) is 0 Å². The molecule has 1 aromatic rings. The van der Waals surface area contributed by atoms with Gasteiger partial charge in [0.1, 0.15) is 0 Å². The number of rotatable bonds is 4. The summed E-state index contributed by atoms with van der Waals surface area (Å²) in [4.78, 5) is 26.0. The van der Waals surface area contributed by atoms with E-state index in [0.717, 1.165) is 17.7 Å². The predicted octanol–water partition coefficient (Wildman–Crippen LogP) is 2.58. The van der Waals surface area contributed by atoms with Crippen LogP contribution in [0.5, 0.6) is 0 Å². The lowest BCUT2D eigenvalue weighted by Gasteiger charge is -2.23. The second-order valence-corrected chi connectivity index (χ2v) is 5.56. The summed E-state index contributed by atoms with van der Waals surface area (Å²) in [6, 6.07) is 7.91. The molecule has 1 N–H and O–H groups in total. The Hall–Kier alpha value is -1.84. The molecule has 2 unspecified atom stereocenters. The maximum atomic E-state index is 12.2. The Morgan fingerprint density at radius 1 is 1.50 bits per heavy atom. The average molecular weight is 274 g/mol. The first-order valence-corrected chi connectivity index (χ1v) is 7.18. The zero-order valence-corrected chi connectivity index (χ0v) is 12.3. The number of nitrogens with zero attached hydrogens (tertiary/aromatic N) is 1. The second kappa shape index (κ2) is 6.07. The van der Waals surface area contributed by atoms with Gasteiger partial charge in [-0.15, -0.1) is 0 Å². The first-order valence-electron chi connectivity index (χ1n) is 7.18. The van der Waals surface area contributed by atoms with E-state index in [4.69, 9.17) is 0 Å². The number of carbonyl (C=O) groups excluding carboxylic acids is 2. The summed E-state index contributed by atoms with van der Waals surface area (Å²) in [7, 11) is 0. The van der Waals surface area contributed by atoms with E-state index in [1.165, 1.54) is 0 Å². The molecule has 2 rings (SSSR count). The number of aryl methyl sites for hydroxylation is 1. The molecule has 1 saturated heterocycles. The largest absolute Gasteiger partial charge is 0.339 e. The Bertz CT molecular complexity index is 513. The Morgan fingerprint density at radius 2 is 2.25 bits per heavy atom. The smallest absolute Gasteiger partial charge is 0.229 e. The SMILES string of the molecule is CCC(C)N1CC(C(=O)Nc2cccc(C)c2)CC1=O. The van der Waals surface area contributed by atoms with Crippen molar-refractivity contribution in [3.8, 4) is 0 Å². The molecule has 0 aromatic heterocycles. The fourth-order valence-electron chi connectivity index (χ4n) is 2.52. The Labute approximate surface area is 120 Å². The minimum Gasteiger partial charge on any atom is -0.339 e. The van der Waals surface area contributed by atoms with Crippen LogP contribution in [0.4, 0.5) is 5.69 Å². The third-order valence-electron chi connectivity index (χ3n) is 3.94. The minimum atomic E-state index is -0.239. The van der Waals surface area contributed by atoms with Crippen molar-refractivity contribution in [1.29, 1.82) is 0 Å². The van der Waals surface area contributed by atoms with Gasteiger partial charge < -0.3 is 10.2 Å². The molecule has 1 aliphatic rings. The lowest BCUT2D eigenvalue weighted by atomic mass is 10.1. The third-order valence-corrected chi connectivity index (χ3v) is 3.94. The fourth-order valence-corrected chi connectivity index (χ4v) is 2.52. The maximum Gasteiger partial charge on any atom is 0.229 e. The number of amides is 2. The van der Waals surface area contributed by atoms with Crippen molar-refractivity contribution in [2.45, 2.75) is 39.7 Å². The van der Waals surface area contributed by atoms with Gasteiger partial charge in [0.25, 0.3) is 0 Å². The van der Waals surface area contributed by atoms with E-state index < -0.39 is 0 Å². The lowest BCUT2D eigenvalue weighted by molar-refractivity contribution is -0.129. The van der Waals surface area contributed by atoms with Crippen LogP contribution in [0.3, 0.4) is 0 Å². The number of hydrogen-bond acceptors (Lipinski definition) is 2. The highest BCUT2D eigenvalue weighted by Gasteiger charge is 2.36. The molecule has 1 aliphatic heterocycles. The van der Waals surface area contributed by atoms with Crippen LogP contribution in [0.15, 0.2) is 24.3 Å². The van der Waals surface area contributed by atoms with Crippen LogP contribution < -0.4 is 5.32 Å². The topological polar surface area (TPSA) is 49.4 Å². The molecular formula is C16H22N2O2. The van der Waals surface area contributed by atoms with E-state index in [9.17, 15) is 9.59 Å². The molecular weight excluding hydrogens is 252 g/mol. The van der Waals surface area contributed by atoms with Gasteiger partial charge in [0.15, 0.2) is 0 Å². The van der Waals surface area contributed by atoms with Crippen molar-refractivity contribution in [1.82, 2.24) is 4.90 Å². The maximum absolute atomic E-state index is 12.2. The summed E-state index contributed by atoms with van der Waals surface area (Å²) >= 11 is 0. The molecule has 0 radical (unpaired) electrons. The number of hydrogen-bond donors (Lipinski definition) is 1. The average Bonchev–Trinajstić information content (AvgIpc) is 2.80. The van der Waals surface area contributed by atoms with Crippen LogP contribution >= 0.6 is 0 Å². The zero-order valence-electron chi connectivity index (χ0n) is 12.3.